The summed E-state index contributed by atoms with van der Waals surface area (Å²) in [6.07, 6.45) is 0.986. The molecule has 0 aliphatic heterocycles. The number of nitrogens with one attached hydrogen (secondary N) is 1. The molecule has 2 heterocycles. The quantitative estimate of drug-likeness (QED) is 0.0617. The number of carbonyl (C=O) groups excluding carboxylic acids is 2. The Balaban J connectivity index is 0.00000600. The van der Waals surface area contributed by atoms with Crippen molar-refractivity contribution in [3.8, 4) is 16.9 Å². The Hall–Kier alpha value is -4.66. The van der Waals surface area contributed by atoms with E-state index in [4.69, 9.17) is 19.3 Å². The van der Waals surface area contributed by atoms with Crippen molar-refractivity contribution in [1.29, 1.82) is 0 Å². The van der Waals surface area contributed by atoms with Crippen LogP contribution in [0.5, 0.6) is 5.75 Å². The molecule has 0 saturated heterocycles. The summed E-state index contributed by atoms with van der Waals surface area (Å²) in [6, 6.07) is 29.1. The van der Waals surface area contributed by atoms with Gasteiger partial charge in [0.1, 0.15) is 18.1 Å². The normalized spacial score (nSPS) is 11.4. The average Bonchev–Trinajstić information content (AvgIpc) is 3.67. The summed E-state index contributed by atoms with van der Waals surface area (Å²) in [5.74, 6) is -0.385. The van der Waals surface area contributed by atoms with E-state index in [9.17, 15) is 22.6 Å². The van der Waals surface area contributed by atoms with Crippen LogP contribution < -0.4 is 39.6 Å². The van der Waals surface area contributed by atoms with Crippen molar-refractivity contribution in [1.82, 2.24) is 19.7 Å². The van der Waals surface area contributed by atoms with E-state index < -0.39 is 27.9 Å². The fourth-order valence-corrected chi connectivity index (χ4v) is 7.62. The third kappa shape index (κ3) is 10.0. The predicted molar refractivity (Wildman–Crippen MR) is 210 cm³/mol. The predicted octanol–water partition coefficient (Wildman–Crippen LogP) is 4.31. The Kier molecular flexibility index (Phi) is 14.8. The van der Waals surface area contributed by atoms with Crippen molar-refractivity contribution in [3.63, 3.8) is 0 Å². The summed E-state index contributed by atoms with van der Waals surface area (Å²) < 4.78 is 56.1. The second kappa shape index (κ2) is 19.5. The van der Waals surface area contributed by atoms with Crippen LogP contribution in [0.3, 0.4) is 0 Å². The van der Waals surface area contributed by atoms with E-state index in [-0.39, 0.29) is 62.3 Å². The molecule has 0 unspecified atom stereocenters. The summed E-state index contributed by atoms with van der Waals surface area (Å²) in [7, 11) is -2.68. The third-order valence-corrected chi connectivity index (χ3v) is 10.3. The first-order valence-electron chi connectivity index (χ1n) is 18.4. The Morgan fingerprint density at radius 3 is 2.34 bits per heavy atom. The first-order valence-corrected chi connectivity index (χ1v) is 20.0. The number of hydrogen-bond donors (Lipinski definition) is 1. The molecular weight excluding hydrogens is 744 g/mol. The Morgan fingerprint density at radius 1 is 0.875 bits per heavy atom. The number of amides is 1. The Bertz CT molecular complexity index is 2410. The minimum Gasteiger partial charge on any atom is -0.748 e. The fraction of sp³-hybridized carbons (Fsp3) is 0.310. The summed E-state index contributed by atoms with van der Waals surface area (Å²) >= 11 is 0. The maximum atomic E-state index is 13.9. The second-order valence-electron chi connectivity index (χ2n) is 13.1. The van der Waals surface area contributed by atoms with Crippen LogP contribution in [0.25, 0.3) is 32.8 Å². The maximum Gasteiger partial charge on any atom is 1.00 e. The van der Waals surface area contributed by atoms with Gasteiger partial charge in [0.05, 0.1) is 41.1 Å². The van der Waals surface area contributed by atoms with Gasteiger partial charge < -0.3 is 28.6 Å². The number of alkyl carbamates (subject to hydrolysis) is 1. The van der Waals surface area contributed by atoms with Crippen molar-refractivity contribution >= 4 is 43.9 Å². The van der Waals surface area contributed by atoms with Gasteiger partial charge in [0.2, 0.25) is 0 Å². The van der Waals surface area contributed by atoms with Crippen LogP contribution in [0, 0.1) is 0 Å². The van der Waals surface area contributed by atoms with Crippen LogP contribution in [0.15, 0.2) is 91.0 Å². The fourth-order valence-electron chi connectivity index (χ4n) is 7.13. The van der Waals surface area contributed by atoms with Crippen LogP contribution >= 0.6 is 0 Å². The molecule has 56 heavy (non-hydrogen) atoms. The van der Waals surface area contributed by atoms with Crippen molar-refractivity contribution in [2.75, 3.05) is 19.0 Å². The second-order valence-corrected chi connectivity index (χ2v) is 14.6. The molecule has 288 valence electrons. The van der Waals surface area contributed by atoms with Gasteiger partial charge in [0.15, 0.2) is 0 Å². The molecular formula is C42H45N4NaO8S. The number of hydrogen-bond acceptors (Lipinski definition) is 9. The number of benzene rings is 4. The molecule has 0 radical (unpaired) electrons. The van der Waals surface area contributed by atoms with E-state index in [1.54, 1.807) is 16.2 Å². The van der Waals surface area contributed by atoms with Crippen LogP contribution in [-0.4, -0.2) is 58.3 Å². The summed E-state index contributed by atoms with van der Waals surface area (Å²) in [6.45, 7) is 4.48. The molecule has 6 rings (SSSR count). The number of aromatic nitrogens is 3. The van der Waals surface area contributed by atoms with E-state index in [0.717, 1.165) is 49.9 Å². The standard InChI is InChI=1S/C42H46N4O8S.Na/c1-4-36-38(35(44-45(36)3)27-43-42(48)54-28-29-15-7-6-8-16-29)34-21-12-20-32-33(22-13-25-53-37-23-11-18-30-17-9-10-19-31(30)37)40(41(47)52-5-2)46(39(32)34)24-14-26-55(49,50)51;/h6-12,15-21,23H,4-5,13-14,22,24-28H2,1-3H3,(H,43,48)(H,49,50,51);/q;+1/p-1. The van der Waals surface area contributed by atoms with Crippen LogP contribution in [0.1, 0.15) is 59.7 Å². The zero-order chi connectivity index (χ0) is 39.0. The van der Waals surface area contributed by atoms with Crippen molar-refractivity contribution in [2.45, 2.75) is 59.2 Å². The average molecular weight is 789 g/mol. The zero-order valence-electron chi connectivity index (χ0n) is 32.2. The van der Waals surface area contributed by atoms with Gasteiger partial charge in [-0.25, -0.2) is 18.0 Å². The molecule has 1 amide bonds. The number of aryl methyl sites for hydroxylation is 3. The molecule has 0 spiro atoms. The Labute approximate surface area is 349 Å². The summed E-state index contributed by atoms with van der Waals surface area (Å²) in [4.78, 5) is 26.7. The maximum absolute atomic E-state index is 13.9. The van der Waals surface area contributed by atoms with Crippen LogP contribution in [0.2, 0.25) is 0 Å². The molecule has 6 aromatic rings. The molecule has 0 atom stereocenters. The number of para-hydroxylation sites is 1. The minimum absolute atomic E-state index is 0. The molecule has 14 heteroatoms. The number of fused-ring (bicyclic) bond motifs is 2. The smallest absolute Gasteiger partial charge is 0.748 e. The molecule has 0 fully saturated rings. The van der Waals surface area contributed by atoms with Crippen LogP contribution in [-0.2, 0) is 59.2 Å². The van der Waals surface area contributed by atoms with Crippen molar-refractivity contribution in [2.24, 2.45) is 7.05 Å². The molecule has 0 aliphatic carbocycles. The van der Waals surface area contributed by atoms with Gasteiger partial charge in [-0.15, -0.1) is 0 Å². The summed E-state index contributed by atoms with van der Waals surface area (Å²) in [5, 5.41) is 10.5. The summed E-state index contributed by atoms with van der Waals surface area (Å²) in [5.41, 5.74) is 5.54. The van der Waals surface area contributed by atoms with E-state index in [2.05, 4.69) is 5.32 Å². The van der Waals surface area contributed by atoms with E-state index >= 15 is 0 Å². The molecule has 12 nitrogen and oxygen atoms in total. The first kappa shape index (κ1) is 42.5. The topological polar surface area (TPSA) is 154 Å². The SMILES string of the molecule is CCOC(=O)c1c(CCCOc2cccc3ccccc23)c2cccc(-c3c(CNC(=O)OCc4ccccc4)nn(C)c3CC)c2n1CCCS(=O)(=O)[O-].[Na+]. The first-order chi connectivity index (χ1) is 26.6. The molecule has 4 aromatic carbocycles. The third-order valence-electron chi connectivity index (χ3n) is 9.47. The van der Waals surface area contributed by atoms with Gasteiger partial charge in [-0.3, -0.25) is 4.68 Å². The van der Waals surface area contributed by atoms with Gasteiger partial charge in [-0.2, -0.15) is 5.10 Å². The number of rotatable bonds is 17. The van der Waals surface area contributed by atoms with Crippen molar-refractivity contribution < 1.29 is 66.3 Å². The van der Waals surface area contributed by atoms with Gasteiger partial charge in [0, 0.05) is 46.9 Å². The monoisotopic (exact) mass is 788 g/mol. The number of esters is 1. The van der Waals surface area contributed by atoms with Crippen LogP contribution in [0.4, 0.5) is 4.79 Å². The van der Waals surface area contributed by atoms with Crippen molar-refractivity contribution in [3.05, 3.63) is 119 Å². The number of nitrogens with zero attached hydrogens (tertiary/aromatic N) is 3. The number of ether oxygens (including phenoxy) is 3. The molecule has 0 bridgehead atoms. The van der Waals surface area contributed by atoms with E-state index in [1.807, 2.05) is 105 Å². The Morgan fingerprint density at radius 2 is 1.59 bits per heavy atom. The molecule has 0 saturated carbocycles. The minimum atomic E-state index is -4.52. The van der Waals surface area contributed by atoms with Gasteiger partial charge >= 0.3 is 41.6 Å². The molecule has 2 aromatic heterocycles. The van der Waals surface area contributed by atoms with Gasteiger partial charge in [-0.1, -0.05) is 91.9 Å². The van der Waals surface area contributed by atoms with E-state index in [0.29, 0.717) is 42.8 Å². The van der Waals surface area contributed by atoms with E-state index in [1.165, 1.54) is 0 Å². The zero-order valence-corrected chi connectivity index (χ0v) is 35.1. The van der Waals surface area contributed by atoms with Gasteiger partial charge in [0.25, 0.3) is 0 Å². The van der Waals surface area contributed by atoms with Gasteiger partial charge in [-0.05, 0) is 55.2 Å². The number of carbonyl (C=O) groups is 2. The molecule has 1 N–H and O–H groups in total. The largest absolute Gasteiger partial charge is 1.00 e. The molecule has 0 aliphatic rings.